The lowest BCUT2D eigenvalue weighted by atomic mass is 9.96. The molecule has 3 heterocycles. The number of anilines is 1. The number of rotatable bonds is 6. The summed E-state index contributed by atoms with van der Waals surface area (Å²) in [6, 6.07) is 9.17. The minimum atomic E-state index is -4.36. The molecule has 11 heteroatoms. The van der Waals surface area contributed by atoms with Gasteiger partial charge in [-0.1, -0.05) is 6.07 Å². The van der Waals surface area contributed by atoms with Crippen molar-refractivity contribution in [1.82, 2.24) is 24.1 Å². The molecule has 4 aromatic rings. The molecule has 1 aromatic carbocycles. The van der Waals surface area contributed by atoms with Gasteiger partial charge >= 0.3 is 6.18 Å². The van der Waals surface area contributed by atoms with E-state index in [1.54, 1.807) is 55.7 Å². The van der Waals surface area contributed by atoms with E-state index in [-0.39, 0.29) is 5.82 Å². The van der Waals surface area contributed by atoms with Crippen molar-refractivity contribution in [2.75, 3.05) is 19.0 Å². The lowest BCUT2D eigenvalue weighted by Crippen LogP contribution is -2.22. The summed E-state index contributed by atoms with van der Waals surface area (Å²) in [6.45, 7) is 4.37. The summed E-state index contributed by atoms with van der Waals surface area (Å²) in [5.41, 5.74) is 2.22. The van der Waals surface area contributed by atoms with Crippen LogP contribution in [0, 0.1) is 23.7 Å². The molecule has 8 nitrogen and oxygen atoms in total. The van der Waals surface area contributed by atoms with Gasteiger partial charge in [0.15, 0.2) is 0 Å². The molecule has 0 aliphatic rings. The fraction of sp³-hybridized carbons (Fsp3) is 0.364. The van der Waals surface area contributed by atoms with Gasteiger partial charge in [0.25, 0.3) is 0 Å². The molecule has 0 spiro atoms. The maximum absolute atomic E-state index is 13.1. The van der Waals surface area contributed by atoms with Gasteiger partial charge in [0.1, 0.15) is 17.9 Å². The quantitative estimate of drug-likeness (QED) is 0.455. The maximum Gasteiger partial charge on any atom is 0.406 e. The summed E-state index contributed by atoms with van der Waals surface area (Å²) in [5.74, 6) is 0.875. The van der Waals surface area contributed by atoms with E-state index in [0.717, 1.165) is 4.57 Å². The van der Waals surface area contributed by atoms with Crippen LogP contribution < -0.4 is 10.1 Å². The molecular formula is C22H22F3N7O. The molecule has 172 valence electrons. The summed E-state index contributed by atoms with van der Waals surface area (Å²) in [4.78, 5) is 8.66. The van der Waals surface area contributed by atoms with Crippen molar-refractivity contribution in [2.24, 2.45) is 5.41 Å². The number of nitriles is 1. The monoisotopic (exact) mass is 457 g/mol. The molecule has 1 N–H and O–H groups in total. The minimum absolute atomic E-state index is 0.290. The van der Waals surface area contributed by atoms with Crippen LogP contribution in [0.4, 0.5) is 19.1 Å². The summed E-state index contributed by atoms with van der Waals surface area (Å²) in [6.07, 6.45) is -2.64. The smallest absolute Gasteiger partial charge is 0.406 e. The van der Waals surface area contributed by atoms with Crippen LogP contribution >= 0.6 is 0 Å². The van der Waals surface area contributed by atoms with Gasteiger partial charge in [0, 0.05) is 18.3 Å². The van der Waals surface area contributed by atoms with Crippen LogP contribution in [0.2, 0.25) is 0 Å². The average Bonchev–Trinajstić information content (AvgIpc) is 3.31. The molecule has 4 rings (SSSR count). The fourth-order valence-electron chi connectivity index (χ4n) is 3.57. The van der Waals surface area contributed by atoms with Crippen molar-refractivity contribution in [3.8, 4) is 23.1 Å². The number of halogens is 3. The molecule has 0 atom stereocenters. The number of benzene rings is 1. The van der Waals surface area contributed by atoms with Crippen LogP contribution in [0.1, 0.15) is 19.7 Å². The molecule has 0 saturated heterocycles. The number of alkyl halides is 3. The summed E-state index contributed by atoms with van der Waals surface area (Å²) >= 11 is 0. The predicted octanol–water partition coefficient (Wildman–Crippen LogP) is 4.59. The third kappa shape index (κ3) is 4.41. The molecule has 0 bridgehead atoms. The third-order valence-electron chi connectivity index (χ3n) is 5.25. The Morgan fingerprint density at radius 3 is 2.61 bits per heavy atom. The zero-order valence-electron chi connectivity index (χ0n) is 18.5. The second kappa shape index (κ2) is 7.95. The lowest BCUT2D eigenvalue weighted by Gasteiger charge is -2.16. The first kappa shape index (κ1) is 22.4. The van der Waals surface area contributed by atoms with E-state index in [4.69, 9.17) is 4.74 Å². The van der Waals surface area contributed by atoms with E-state index in [1.807, 2.05) is 0 Å². The standard InChI is InChI=1S/C22H22F3N7O/c1-13-28-16-6-5-14(9-17(16)31(13)12-22(23,24)25)15-7-8-32-18(15)19(33-4)29-20(30-32)27-11-21(2,3)10-26/h5-9H,11-12H2,1-4H3,(H,27,30). The van der Waals surface area contributed by atoms with Gasteiger partial charge in [0.2, 0.25) is 11.8 Å². The van der Waals surface area contributed by atoms with E-state index in [1.165, 1.54) is 7.11 Å². The molecule has 33 heavy (non-hydrogen) atoms. The Morgan fingerprint density at radius 2 is 1.94 bits per heavy atom. The Balaban J connectivity index is 1.78. The average molecular weight is 457 g/mol. The lowest BCUT2D eigenvalue weighted by molar-refractivity contribution is -0.140. The maximum atomic E-state index is 13.1. The molecule has 0 unspecified atom stereocenters. The van der Waals surface area contributed by atoms with Crippen molar-refractivity contribution >= 4 is 22.5 Å². The van der Waals surface area contributed by atoms with Crippen molar-refractivity contribution in [1.29, 1.82) is 5.26 Å². The van der Waals surface area contributed by atoms with Crippen LogP contribution in [0.3, 0.4) is 0 Å². The minimum Gasteiger partial charge on any atom is -0.479 e. The molecule has 0 aliphatic carbocycles. The number of methoxy groups -OCH3 is 1. The van der Waals surface area contributed by atoms with Crippen LogP contribution in [-0.2, 0) is 6.54 Å². The van der Waals surface area contributed by atoms with Crippen molar-refractivity contribution < 1.29 is 17.9 Å². The van der Waals surface area contributed by atoms with Crippen LogP contribution in [0.15, 0.2) is 30.5 Å². The zero-order valence-corrected chi connectivity index (χ0v) is 18.5. The Labute approximate surface area is 187 Å². The Kier molecular flexibility index (Phi) is 5.40. The highest BCUT2D eigenvalue weighted by atomic mass is 19.4. The van der Waals surface area contributed by atoms with Crippen molar-refractivity contribution in [3.05, 3.63) is 36.3 Å². The highest BCUT2D eigenvalue weighted by Gasteiger charge is 2.30. The predicted molar refractivity (Wildman–Crippen MR) is 117 cm³/mol. The number of hydrogen-bond donors (Lipinski definition) is 1. The van der Waals surface area contributed by atoms with Gasteiger partial charge in [-0.3, -0.25) is 0 Å². The number of fused-ring (bicyclic) bond motifs is 2. The topological polar surface area (TPSA) is 93.1 Å². The van der Waals surface area contributed by atoms with E-state index >= 15 is 0 Å². The van der Waals surface area contributed by atoms with Gasteiger partial charge < -0.3 is 14.6 Å². The SMILES string of the molecule is COc1nc(NCC(C)(C)C#N)nn2ccc(-c3ccc4nc(C)n(CC(F)(F)F)c4c3)c12. The van der Waals surface area contributed by atoms with Crippen LogP contribution in [0.25, 0.3) is 27.7 Å². The van der Waals surface area contributed by atoms with E-state index in [0.29, 0.717) is 46.1 Å². The van der Waals surface area contributed by atoms with E-state index in [2.05, 4.69) is 26.5 Å². The van der Waals surface area contributed by atoms with Crippen molar-refractivity contribution in [2.45, 2.75) is 33.5 Å². The van der Waals surface area contributed by atoms with Gasteiger partial charge in [-0.25, -0.2) is 9.50 Å². The Hall–Kier alpha value is -3.81. The molecule has 0 aliphatic heterocycles. The Bertz CT molecular complexity index is 1380. The first-order valence-corrected chi connectivity index (χ1v) is 10.1. The summed E-state index contributed by atoms with van der Waals surface area (Å²) in [5, 5.41) is 16.7. The van der Waals surface area contributed by atoms with Gasteiger partial charge in [-0.05, 0) is 44.5 Å². The van der Waals surface area contributed by atoms with Gasteiger partial charge in [-0.15, -0.1) is 5.10 Å². The van der Waals surface area contributed by atoms with E-state index in [9.17, 15) is 18.4 Å². The number of nitrogens with zero attached hydrogens (tertiary/aromatic N) is 6. The highest BCUT2D eigenvalue weighted by molar-refractivity contribution is 5.89. The van der Waals surface area contributed by atoms with Crippen LogP contribution in [-0.4, -0.2) is 44.0 Å². The number of nitrogens with one attached hydrogen (secondary N) is 1. The highest BCUT2D eigenvalue weighted by Crippen LogP contribution is 2.34. The number of ether oxygens (including phenoxy) is 1. The second-order valence-corrected chi connectivity index (χ2v) is 8.38. The largest absolute Gasteiger partial charge is 0.479 e. The summed E-state index contributed by atoms with van der Waals surface area (Å²) < 4.78 is 47.5. The number of hydrogen-bond acceptors (Lipinski definition) is 6. The molecule has 0 radical (unpaired) electrons. The zero-order chi connectivity index (χ0) is 24.0. The molecule has 0 fully saturated rings. The second-order valence-electron chi connectivity index (χ2n) is 8.38. The fourth-order valence-corrected chi connectivity index (χ4v) is 3.57. The van der Waals surface area contributed by atoms with Crippen molar-refractivity contribution in [3.63, 3.8) is 0 Å². The normalized spacial score (nSPS) is 12.3. The molecule has 0 amide bonds. The number of aromatic nitrogens is 5. The summed E-state index contributed by atoms with van der Waals surface area (Å²) in [7, 11) is 1.48. The number of imidazole rings is 1. The first-order valence-electron chi connectivity index (χ1n) is 10.1. The molecular weight excluding hydrogens is 435 g/mol. The van der Waals surface area contributed by atoms with Crippen LogP contribution in [0.5, 0.6) is 5.88 Å². The molecule has 3 aromatic heterocycles. The van der Waals surface area contributed by atoms with Gasteiger partial charge in [0.05, 0.1) is 29.6 Å². The van der Waals surface area contributed by atoms with Gasteiger partial charge in [-0.2, -0.15) is 23.4 Å². The molecule has 0 saturated carbocycles. The number of aryl methyl sites for hydroxylation is 1. The van der Waals surface area contributed by atoms with E-state index < -0.39 is 18.1 Å². The Morgan fingerprint density at radius 1 is 1.18 bits per heavy atom. The first-order chi connectivity index (χ1) is 15.5. The third-order valence-corrected chi connectivity index (χ3v) is 5.25.